The van der Waals surface area contributed by atoms with E-state index in [0.717, 1.165) is 12.1 Å². The fourth-order valence-electron chi connectivity index (χ4n) is 0.920. The zero-order valence-electron chi connectivity index (χ0n) is 7.04. The number of carbonyl (C=O) groups is 1. The van der Waals surface area contributed by atoms with Crippen molar-refractivity contribution in [3.63, 3.8) is 0 Å². The molecule has 1 rings (SSSR count). The van der Waals surface area contributed by atoms with Crippen molar-refractivity contribution >= 4 is 6.47 Å². The molecule has 0 fully saturated rings. The summed E-state index contributed by atoms with van der Waals surface area (Å²) < 4.78 is 40.6. The number of carbonyl (C=O) groups excluding carboxylic acids is 1. The molecule has 1 aromatic rings. The molecule has 0 saturated heterocycles. The third-order valence-electron chi connectivity index (χ3n) is 1.60. The lowest BCUT2D eigenvalue weighted by atomic mass is 10.1. The summed E-state index contributed by atoms with van der Waals surface area (Å²) in [6, 6.07) is 4.44. The summed E-state index contributed by atoms with van der Waals surface area (Å²) in [5.74, 6) is 0. The van der Waals surface area contributed by atoms with Crippen LogP contribution in [-0.2, 0) is 22.3 Å². The van der Waals surface area contributed by atoms with Gasteiger partial charge in [0.15, 0.2) is 0 Å². The highest BCUT2D eigenvalue weighted by molar-refractivity contribution is 5.37. The van der Waals surface area contributed by atoms with Crippen LogP contribution in [0.2, 0.25) is 0 Å². The van der Waals surface area contributed by atoms with E-state index in [0.29, 0.717) is 5.56 Å². The lowest BCUT2D eigenvalue weighted by molar-refractivity contribution is -0.137. The molecule has 0 aliphatic heterocycles. The summed E-state index contributed by atoms with van der Waals surface area (Å²) in [6.45, 7) is 0.235. The summed E-state index contributed by atoms with van der Waals surface area (Å²) >= 11 is 0. The molecule has 0 radical (unpaired) electrons. The molecule has 0 aliphatic carbocycles. The van der Waals surface area contributed by atoms with Gasteiger partial charge in [-0.1, -0.05) is 12.1 Å². The van der Waals surface area contributed by atoms with Crippen molar-refractivity contribution in [2.45, 2.75) is 12.8 Å². The standard InChI is InChI=1S/C9H7F3O2/c10-9(11,12)8-3-1-7(2-4-8)5-14-6-13/h1-4,6H,5H2. The Kier molecular flexibility index (Phi) is 3.11. The average molecular weight is 204 g/mol. The van der Waals surface area contributed by atoms with Crippen molar-refractivity contribution in [3.05, 3.63) is 35.4 Å². The van der Waals surface area contributed by atoms with E-state index in [9.17, 15) is 18.0 Å². The number of halogens is 3. The van der Waals surface area contributed by atoms with E-state index in [2.05, 4.69) is 4.74 Å². The first-order chi connectivity index (χ1) is 6.54. The number of benzene rings is 1. The van der Waals surface area contributed by atoms with Gasteiger partial charge in [0.1, 0.15) is 6.61 Å². The van der Waals surface area contributed by atoms with Gasteiger partial charge in [-0.2, -0.15) is 13.2 Å². The largest absolute Gasteiger partial charge is 0.463 e. The van der Waals surface area contributed by atoms with E-state index in [1.54, 1.807) is 0 Å². The van der Waals surface area contributed by atoms with Crippen LogP contribution in [0.1, 0.15) is 11.1 Å². The molecule has 0 aliphatic rings. The Bertz CT molecular complexity index is 303. The number of hydrogen-bond acceptors (Lipinski definition) is 2. The monoisotopic (exact) mass is 204 g/mol. The predicted octanol–water partition coefficient (Wildman–Crippen LogP) is 2.38. The van der Waals surface area contributed by atoms with Crippen LogP contribution in [-0.4, -0.2) is 6.47 Å². The first kappa shape index (κ1) is 10.6. The van der Waals surface area contributed by atoms with E-state index < -0.39 is 11.7 Å². The quantitative estimate of drug-likeness (QED) is 0.706. The molecule has 1 aromatic carbocycles. The van der Waals surface area contributed by atoms with Crippen LogP contribution in [0.25, 0.3) is 0 Å². The number of hydrogen-bond donors (Lipinski definition) is 0. The Morgan fingerprint density at radius 2 is 1.79 bits per heavy atom. The van der Waals surface area contributed by atoms with Gasteiger partial charge >= 0.3 is 6.18 Å². The maximum atomic E-state index is 12.1. The molecule has 0 heterocycles. The minimum absolute atomic E-state index is 0.0123. The van der Waals surface area contributed by atoms with Crippen LogP contribution in [0, 0.1) is 0 Å². The molecule has 76 valence electrons. The second-order valence-electron chi connectivity index (χ2n) is 2.60. The van der Waals surface area contributed by atoms with Crippen LogP contribution in [0.4, 0.5) is 13.2 Å². The molecular formula is C9H7F3O2. The number of alkyl halides is 3. The minimum atomic E-state index is -4.33. The topological polar surface area (TPSA) is 26.3 Å². The predicted molar refractivity (Wildman–Crippen MR) is 42.3 cm³/mol. The van der Waals surface area contributed by atoms with Gasteiger partial charge < -0.3 is 4.74 Å². The van der Waals surface area contributed by atoms with Gasteiger partial charge in [-0.3, -0.25) is 4.79 Å². The second kappa shape index (κ2) is 4.13. The first-order valence-electron chi connectivity index (χ1n) is 3.75. The molecule has 0 aromatic heterocycles. The summed E-state index contributed by atoms with van der Waals surface area (Å²) in [4.78, 5) is 9.80. The van der Waals surface area contributed by atoms with E-state index >= 15 is 0 Å². The Morgan fingerprint density at radius 3 is 2.21 bits per heavy atom. The summed E-state index contributed by atoms with van der Waals surface area (Å²) in [6.07, 6.45) is -4.33. The molecule has 0 spiro atoms. The smallest absolute Gasteiger partial charge is 0.416 e. The van der Waals surface area contributed by atoms with Crippen LogP contribution >= 0.6 is 0 Å². The van der Waals surface area contributed by atoms with E-state index in [1.165, 1.54) is 12.1 Å². The van der Waals surface area contributed by atoms with Gasteiger partial charge in [0.25, 0.3) is 6.47 Å². The van der Waals surface area contributed by atoms with E-state index in [-0.39, 0.29) is 13.1 Å². The van der Waals surface area contributed by atoms with Crippen LogP contribution in [0.15, 0.2) is 24.3 Å². The molecule has 0 atom stereocenters. The molecule has 5 heteroatoms. The Hall–Kier alpha value is -1.52. The lowest BCUT2D eigenvalue weighted by Crippen LogP contribution is -2.04. The zero-order valence-corrected chi connectivity index (χ0v) is 7.04. The highest BCUT2D eigenvalue weighted by Crippen LogP contribution is 2.29. The molecule has 0 unspecified atom stereocenters. The van der Waals surface area contributed by atoms with Crippen LogP contribution in [0.3, 0.4) is 0 Å². The van der Waals surface area contributed by atoms with E-state index in [1.807, 2.05) is 0 Å². The molecule has 0 amide bonds. The number of ether oxygens (including phenoxy) is 1. The van der Waals surface area contributed by atoms with Crippen molar-refractivity contribution < 1.29 is 22.7 Å². The zero-order chi connectivity index (χ0) is 10.6. The average Bonchev–Trinajstić information content (AvgIpc) is 2.14. The Balaban J connectivity index is 2.73. The SMILES string of the molecule is O=COCc1ccc(C(F)(F)F)cc1. The van der Waals surface area contributed by atoms with Crippen LogP contribution < -0.4 is 0 Å². The van der Waals surface area contributed by atoms with Gasteiger partial charge in [0.2, 0.25) is 0 Å². The molecule has 0 bridgehead atoms. The molecule has 0 saturated carbocycles. The third kappa shape index (κ3) is 2.76. The van der Waals surface area contributed by atoms with Crippen molar-refractivity contribution in [1.82, 2.24) is 0 Å². The summed E-state index contributed by atoms with van der Waals surface area (Å²) in [7, 11) is 0. The Morgan fingerprint density at radius 1 is 1.21 bits per heavy atom. The van der Waals surface area contributed by atoms with Gasteiger partial charge in [0.05, 0.1) is 5.56 Å². The van der Waals surface area contributed by atoms with Crippen molar-refractivity contribution in [2.24, 2.45) is 0 Å². The lowest BCUT2D eigenvalue weighted by Gasteiger charge is -2.06. The number of rotatable bonds is 3. The van der Waals surface area contributed by atoms with Crippen LogP contribution in [0.5, 0.6) is 0 Å². The highest BCUT2D eigenvalue weighted by Gasteiger charge is 2.29. The third-order valence-corrected chi connectivity index (χ3v) is 1.60. The normalized spacial score (nSPS) is 11.1. The molecule has 0 N–H and O–H groups in total. The Labute approximate surface area is 78.3 Å². The van der Waals surface area contributed by atoms with Crippen molar-refractivity contribution in [2.75, 3.05) is 0 Å². The fraction of sp³-hybridized carbons (Fsp3) is 0.222. The van der Waals surface area contributed by atoms with Crippen molar-refractivity contribution in [1.29, 1.82) is 0 Å². The molecule has 14 heavy (non-hydrogen) atoms. The van der Waals surface area contributed by atoms with Gasteiger partial charge in [-0.05, 0) is 17.7 Å². The van der Waals surface area contributed by atoms with Gasteiger partial charge in [-0.25, -0.2) is 0 Å². The second-order valence-corrected chi connectivity index (χ2v) is 2.60. The maximum Gasteiger partial charge on any atom is 0.416 e. The molecule has 2 nitrogen and oxygen atoms in total. The first-order valence-corrected chi connectivity index (χ1v) is 3.75. The minimum Gasteiger partial charge on any atom is -0.463 e. The van der Waals surface area contributed by atoms with Crippen molar-refractivity contribution in [3.8, 4) is 0 Å². The maximum absolute atomic E-state index is 12.1. The molecular weight excluding hydrogens is 197 g/mol. The fourth-order valence-corrected chi connectivity index (χ4v) is 0.920. The van der Waals surface area contributed by atoms with E-state index in [4.69, 9.17) is 0 Å². The van der Waals surface area contributed by atoms with Gasteiger partial charge in [-0.15, -0.1) is 0 Å². The highest BCUT2D eigenvalue weighted by atomic mass is 19.4. The summed E-state index contributed by atoms with van der Waals surface area (Å²) in [5, 5.41) is 0. The van der Waals surface area contributed by atoms with Gasteiger partial charge in [0, 0.05) is 0 Å². The summed E-state index contributed by atoms with van der Waals surface area (Å²) in [5.41, 5.74) is -0.197.